The van der Waals surface area contributed by atoms with Crippen molar-refractivity contribution in [3.05, 3.63) is 0 Å². The highest BCUT2D eigenvalue weighted by atomic mass is 15.3. The molecule has 1 spiro atoms. The van der Waals surface area contributed by atoms with Crippen LogP contribution in [0.3, 0.4) is 0 Å². The van der Waals surface area contributed by atoms with E-state index >= 15 is 0 Å². The maximum atomic E-state index is 3.90. The molecule has 0 aromatic rings. The Labute approximate surface area is 120 Å². The summed E-state index contributed by atoms with van der Waals surface area (Å²) >= 11 is 0. The molecule has 0 aromatic carbocycles. The molecule has 1 heterocycles. The van der Waals surface area contributed by atoms with Gasteiger partial charge in [0.1, 0.15) is 0 Å². The van der Waals surface area contributed by atoms with Crippen molar-refractivity contribution in [3.8, 4) is 0 Å². The molecule has 19 heavy (non-hydrogen) atoms. The zero-order valence-corrected chi connectivity index (χ0v) is 13.6. The minimum atomic E-state index is 0.325. The van der Waals surface area contributed by atoms with Gasteiger partial charge in [-0.1, -0.05) is 40.0 Å². The minimum Gasteiger partial charge on any atom is -0.308 e. The predicted octanol–water partition coefficient (Wildman–Crippen LogP) is 3.95. The molecule has 1 N–H and O–H groups in total. The van der Waals surface area contributed by atoms with E-state index < -0.39 is 0 Å². The largest absolute Gasteiger partial charge is 0.308 e. The van der Waals surface area contributed by atoms with E-state index in [0.717, 1.165) is 6.04 Å². The third kappa shape index (κ3) is 3.00. The monoisotopic (exact) mass is 266 g/mol. The lowest BCUT2D eigenvalue weighted by Gasteiger charge is -2.58. The molecule has 1 saturated heterocycles. The van der Waals surface area contributed by atoms with Gasteiger partial charge in [0.05, 0.1) is 0 Å². The molecule has 112 valence electrons. The van der Waals surface area contributed by atoms with Crippen molar-refractivity contribution >= 4 is 0 Å². The van der Waals surface area contributed by atoms with Crippen molar-refractivity contribution in [2.24, 2.45) is 0 Å². The number of hydrogen-bond donors (Lipinski definition) is 1. The maximum Gasteiger partial charge on any atom is 0.0337 e. The van der Waals surface area contributed by atoms with Gasteiger partial charge in [0.25, 0.3) is 0 Å². The fraction of sp³-hybridized carbons (Fsp3) is 1.00. The van der Waals surface area contributed by atoms with Gasteiger partial charge < -0.3 is 5.32 Å². The maximum absolute atomic E-state index is 3.90. The average Bonchev–Trinajstić information content (AvgIpc) is 2.46. The Morgan fingerprint density at radius 3 is 2.21 bits per heavy atom. The lowest BCUT2D eigenvalue weighted by Crippen LogP contribution is -2.71. The zero-order chi connectivity index (χ0) is 13.9. The summed E-state index contributed by atoms with van der Waals surface area (Å²) in [4.78, 5) is 2.92. The highest BCUT2D eigenvalue weighted by Crippen LogP contribution is 2.39. The van der Waals surface area contributed by atoms with Crippen molar-refractivity contribution < 1.29 is 0 Å². The molecule has 1 aliphatic carbocycles. The van der Waals surface area contributed by atoms with Crippen molar-refractivity contribution in [1.29, 1.82) is 0 Å². The molecule has 2 heteroatoms. The standard InChI is InChI=1S/C17H34N2/c1-5-15(6-2)19-14-16(4,7-3)18-13-17(19)11-9-8-10-12-17/h15,18H,5-14H2,1-4H3. The Morgan fingerprint density at radius 1 is 1.05 bits per heavy atom. The summed E-state index contributed by atoms with van der Waals surface area (Å²) in [5.74, 6) is 0. The second kappa shape index (κ2) is 6.13. The van der Waals surface area contributed by atoms with Gasteiger partial charge in [-0.05, 0) is 39.0 Å². The molecule has 0 aromatic heterocycles. The highest BCUT2D eigenvalue weighted by molar-refractivity contribution is 5.06. The molecule has 1 unspecified atom stereocenters. The van der Waals surface area contributed by atoms with Crippen molar-refractivity contribution in [2.75, 3.05) is 13.1 Å². The van der Waals surface area contributed by atoms with Crippen LogP contribution < -0.4 is 5.32 Å². The number of nitrogens with zero attached hydrogens (tertiary/aromatic N) is 1. The first-order chi connectivity index (χ1) is 9.09. The highest BCUT2D eigenvalue weighted by Gasteiger charge is 2.47. The van der Waals surface area contributed by atoms with Gasteiger partial charge in [-0.3, -0.25) is 4.90 Å². The summed E-state index contributed by atoms with van der Waals surface area (Å²) in [6, 6.07) is 0.783. The van der Waals surface area contributed by atoms with Crippen LogP contribution in [0.1, 0.15) is 79.1 Å². The van der Waals surface area contributed by atoms with Crippen LogP contribution in [0.5, 0.6) is 0 Å². The smallest absolute Gasteiger partial charge is 0.0337 e. The predicted molar refractivity (Wildman–Crippen MR) is 83.6 cm³/mol. The summed E-state index contributed by atoms with van der Waals surface area (Å²) in [6.07, 6.45) is 11.0. The van der Waals surface area contributed by atoms with Crippen LogP contribution in [0, 0.1) is 0 Å². The van der Waals surface area contributed by atoms with E-state index in [2.05, 4.69) is 37.9 Å². The van der Waals surface area contributed by atoms with Crippen LogP contribution in [-0.2, 0) is 0 Å². The Kier molecular flexibility index (Phi) is 4.94. The Morgan fingerprint density at radius 2 is 1.68 bits per heavy atom. The molecule has 2 fully saturated rings. The third-order valence-corrected chi connectivity index (χ3v) is 5.92. The first kappa shape index (κ1) is 15.3. The molecule has 1 aliphatic heterocycles. The van der Waals surface area contributed by atoms with Crippen molar-refractivity contribution in [1.82, 2.24) is 10.2 Å². The zero-order valence-electron chi connectivity index (χ0n) is 13.6. The minimum absolute atomic E-state index is 0.325. The summed E-state index contributed by atoms with van der Waals surface area (Å²) < 4.78 is 0. The lowest BCUT2D eigenvalue weighted by molar-refractivity contribution is -0.0469. The van der Waals surface area contributed by atoms with Crippen LogP contribution in [0.2, 0.25) is 0 Å². The van der Waals surface area contributed by atoms with Crippen LogP contribution in [0.4, 0.5) is 0 Å². The van der Waals surface area contributed by atoms with Gasteiger partial charge in [-0.15, -0.1) is 0 Å². The molecule has 0 amide bonds. The molecule has 2 nitrogen and oxygen atoms in total. The molecule has 2 aliphatic rings. The second-order valence-electron chi connectivity index (χ2n) is 7.15. The van der Waals surface area contributed by atoms with Gasteiger partial charge in [0.15, 0.2) is 0 Å². The topological polar surface area (TPSA) is 15.3 Å². The lowest BCUT2D eigenvalue weighted by atomic mass is 9.75. The molecular weight excluding hydrogens is 232 g/mol. The Balaban J connectivity index is 2.21. The third-order valence-electron chi connectivity index (χ3n) is 5.92. The van der Waals surface area contributed by atoms with Gasteiger partial charge >= 0.3 is 0 Å². The van der Waals surface area contributed by atoms with Crippen LogP contribution in [0.15, 0.2) is 0 Å². The number of piperazine rings is 1. The number of nitrogens with one attached hydrogen (secondary N) is 1. The van der Waals surface area contributed by atoms with E-state index in [1.165, 1.54) is 64.5 Å². The van der Waals surface area contributed by atoms with Gasteiger partial charge in [-0.25, -0.2) is 0 Å². The molecule has 1 saturated carbocycles. The average molecular weight is 266 g/mol. The Hall–Kier alpha value is -0.0800. The van der Waals surface area contributed by atoms with Gasteiger partial charge in [0, 0.05) is 30.2 Å². The van der Waals surface area contributed by atoms with E-state index in [9.17, 15) is 0 Å². The van der Waals surface area contributed by atoms with Crippen molar-refractivity contribution in [2.45, 2.75) is 96.2 Å². The second-order valence-corrected chi connectivity index (χ2v) is 7.15. The summed E-state index contributed by atoms with van der Waals surface area (Å²) in [5, 5.41) is 3.90. The summed E-state index contributed by atoms with van der Waals surface area (Å²) in [6.45, 7) is 11.9. The molecule has 0 bridgehead atoms. The number of rotatable bonds is 4. The van der Waals surface area contributed by atoms with Crippen molar-refractivity contribution in [3.63, 3.8) is 0 Å². The molecule has 2 rings (SSSR count). The fourth-order valence-electron chi connectivity index (χ4n) is 4.24. The van der Waals surface area contributed by atoms with E-state index in [0.29, 0.717) is 11.1 Å². The molecule has 0 radical (unpaired) electrons. The normalized spacial score (nSPS) is 32.1. The first-order valence-corrected chi connectivity index (χ1v) is 8.61. The molecule has 1 atom stereocenters. The van der Waals surface area contributed by atoms with E-state index in [4.69, 9.17) is 0 Å². The fourth-order valence-corrected chi connectivity index (χ4v) is 4.24. The van der Waals surface area contributed by atoms with Gasteiger partial charge in [-0.2, -0.15) is 0 Å². The quantitative estimate of drug-likeness (QED) is 0.829. The van der Waals surface area contributed by atoms with Crippen LogP contribution in [0.25, 0.3) is 0 Å². The van der Waals surface area contributed by atoms with Crippen LogP contribution >= 0.6 is 0 Å². The van der Waals surface area contributed by atoms with E-state index in [-0.39, 0.29) is 0 Å². The van der Waals surface area contributed by atoms with Crippen LogP contribution in [-0.4, -0.2) is 35.1 Å². The number of hydrogen-bond acceptors (Lipinski definition) is 2. The van der Waals surface area contributed by atoms with E-state index in [1.54, 1.807) is 0 Å². The van der Waals surface area contributed by atoms with E-state index in [1.807, 2.05) is 0 Å². The Bertz CT molecular complexity index is 279. The van der Waals surface area contributed by atoms with Gasteiger partial charge in [0.2, 0.25) is 0 Å². The summed E-state index contributed by atoms with van der Waals surface area (Å²) in [5.41, 5.74) is 0.800. The SMILES string of the molecule is CCC(CC)N1CC(C)(CC)NCC12CCCCC2. The first-order valence-electron chi connectivity index (χ1n) is 8.61. The molecular formula is C17H34N2. The summed E-state index contributed by atoms with van der Waals surface area (Å²) in [7, 11) is 0.